The van der Waals surface area contributed by atoms with Crippen molar-refractivity contribution in [3.05, 3.63) is 59.7 Å². The predicted molar refractivity (Wildman–Crippen MR) is 57.1 cm³/mol. The number of rotatable bonds is 1. The molecule has 0 amide bonds. The summed E-state index contributed by atoms with van der Waals surface area (Å²) in [7, 11) is 0. The molecule has 0 radical (unpaired) electrons. The Labute approximate surface area is 83.8 Å². The van der Waals surface area contributed by atoms with Gasteiger partial charge in [-0.2, -0.15) is 0 Å². The van der Waals surface area contributed by atoms with Gasteiger partial charge in [-0.25, -0.2) is 0 Å². The van der Waals surface area contributed by atoms with E-state index in [2.05, 4.69) is 6.58 Å². The third-order valence-electron chi connectivity index (χ3n) is 2.61. The molecule has 0 saturated carbocycles. The van der Waals surface area contributed by atoms with Crippen molar-refractivity contribution in [1.82, 2.24) is 0 Å². The van der Waals surface area contributed by atoms with Crippen LogP contribution < -0.4 is 0 Å². The van der Waals surface area contributed by atoms with Gasteiger partial charge < -0.3 is 0 Å². The molecule has 0 bridgehead atoms. The lowest BCUT2D eigenvalue weighted by Gasteiger charge is -2.12. The number of hydrogen-bond acceptors (Lipinski definition) is 1. The highest BCUT2D eigenvalue weighted by Gasteiger charge is 2.27. The molecule has 14 heavy (non-hydrogen) atoms. The second-order valence-electron chi connectivity index (χ2n) is 3.62. The van der Waals surface area contributed by atoms with Crippen LogP contribution in [0.15, 0.2) is 54.1 Å². The fourth-order valence-corrected chi connectivity index (χ4v) is 1.91. The summed E-state index contributed by atoms with van der Waals surface area (Å²) in [6, 6.07) is 10.0. The van der Waals surface area contributed by atoms with E-state index in [1.54, 1.807) is 6.08 Å². The predicted octanol–water partition coefficient (Wildman–Crippen LogP) is 2.86. The summed E-state index contributed by atoms with van der Waals surface area (Å²) in [6.07, 6.45) is 1.68. The first-order valence-corrected chi connectivity index (χ1v) is 4.66. The van der Waals surface area contributed by atoms with Crippen molar-refractivity contribution in [2.45, 2.75) is 12.8 Å². The maximum Gasteiger partial charge on any atom is 0.182 e. The van der Waals surface area contributed by atoms with Crippen LogP contribution in [0.1, 0.15) is 18.4 Å². The summed E-state index contributed by atoms with van der Waals surface area (Å²) >= 11 is 0. The maximum atomic E-state index is 11.4. The van der Waals surface area contributed by atoms with Gasteiger partial charge in [0.2, 0.25) is 0 Å². The molecule has 70 valence electrons. The minimum Gasteiger partial charge on any atom is -0.290 e. The van der Waals surface area contributed by atoms with Crippen molar-refractivity contribution in [3.8, 4) is 0 Å². The van der Waals surface area contributed by atoms with Crippen LogP contribution >= 0.6 is 0 Å². The number of ketones is 1. The van der Waals surface area contributed by atoms with E-state index in [1.807, 2.05) is 37.3 Å². The van der Waals surface area contributed by atoms with Gasteiger partial charge in [-0.15, -0.1) is 0 Å². The minimum absolute atomic E-state index is 0.0661. The van der Waals surface area contributed by atoms with Gasteiger partial charge in [0.1, 0.15) is 0 Å². The number of hydrogen-bond donors (Lipinski definition) is 0. The maximum absolute atomic E-state index is 11.4. The Morgan fingerprint density at radius 2 is 1.86 bits per heavy atom. The van der Waals surface area contributed by atoms with Gasteiger partial charge in [-0.05, 0) is 18.6 Å². The minimum atomic E-state index is 0.0661. The van der Waals surface area contributed by atoms with Crippen molar-refractivity contribution in [3.63, 3.8) is 0 Å². The smallest absolute Gasteiger partial charge is 0.182 e. The zero-order chi connectivity index (χ0) is 10.1. The van der Waals surface area contributed by atoms with E-state index in [0.29, 0.717) is 5.57 Å². The summed E-state index contributed by atoms with van der Waals surface area (Å²) in [4.78, 5) is 11.4. The van der Waals surface area contributed by atoms with E-state index in [1.165, 1.54) is 0 Å². The lowest BCUT2D eigenvalue weighted by molar-refractivity contribution is -0.111. The lowest BCUT2D eigenvalue weighted by Crippen LogP contribution is -2.01. The Hall–Kier alpha value is -1.63. The molecular formula is C13H12O. The lowest BCUT2D eigenvalue weighted by atomic mass is 9.90. The summed E-state index contributed by atoms with van der Waals surface area (Å²) in [5.41, 5.74) is 2.93. The largest absolute Gasteiger partial charge is 0.290 e. The van der Waals surface area contributed by atoms with Crippen molar-refractivity contribution in [1.29, 1.82) is 0 Å². The van der Waals surface area contributed by atoms with E-state index in [0.717, 1.165) is 11.1 Å². The molecule has 1 atom stereocenters. The Morgan fingerprint density at radius 3 is 2.36 bits per heavy atom. The van der Waals surface area contributed by atoms with Crippen LogP contribution in [0, 0.1) is 0 Å². The van der Waals surface area contributed by atoms with Crippen molar-refractivity contribution in [2.75, 3.05) is 0 Å². The summed E-state index contributed by atoms with van der Waals surface area (Å²) in [5, 5.41) is 0. The quantitative estimate of drug-likeness (QED) is 0.613. The van der Waals surface area contributed by atoms with Crippen LogP contribution in [0.4, 0.5) is 0 Å². The molecule has 1 aliphatic carbocycles. The topological polar surface area (TPSA) is 17.1 Å². The molecule has 1 heteroatoms. The highest BCUT2D eigenvalue weighted by molar-refractivity contribution is 6.08. The van der Waals surface area contributed by atoms with Crippen LogP contribution in [-0.2, 0) is 4.79 Å². The molecule has 0 heterocycles. The zero-order valence-corrected chi connectivity index (χ0v) is 8.16. The van der Waals surface area contributed by atoms with Gasteiger partial charge in [-0.3, -0.25) is 4.79 Å². The Morgan fingerprint density at radius 1 is 1.21 bits per heavy atom. The van der Waals surface area contributed by atoms with Crippen molar-refractivity contribution >= 4 is 5.78 Å². The molecule has 0 aliphatic heterocycles. The third-order valence-corrected chi connectivity index (χ3v) is 2.61. The number of allylic oxidation sites excluding steroid dienone is 3. The number of carbonyl (C=O) groups is 1. The van der Waals surface area contributed by atoms with Gasteiger partial charge in [0, 0.05) is 11.5 Å². The second-order valence-corrected chi connectivity index (χ2v) is 3.62. The number of benzene rings is 1. The molecule has 1 nitrogen and oxygen atoms in total. The molecule has 0 N–H and O–H groups in total. The fraction of sp³-hybridized carbons (Fsp3) is 0.154. The van der Waals surface area contributed by atoms with E-state index in [4.69, 9.17) is 0 Å². The van der Waals surface area contributed by atoms with Gasteiger partial charge in [0.25, 0.3) is 0 Å². The van der Waals surface area contributed by atoms with Gasteiger partial charge in [0.05, 0.1) is 0 Å². The van der Waals surface area contributed by atoms with E-state index in [9.17, 15) is 4.79 Å². The molecule has 1 aliphatic rings. The van der Waals surface area contributed by atoms with Crippen molar-refractivity contribution < 1.29 is 4.79 Å². The van der Waals surface area contributed by atoms with Gasteiger partial charge >= 0.3 is 0 Å². The Kier molecular flexibility index (Phi) is 2.08. The van der Waals surface area contributed by atoms with Crippen LogP contribution in [0.3, 0.4) is 0 Å². The summed E-state index contributed by atoms with van der Waals surface area (Å²) < 4.78 is 0. The Bertz CT molecular complexity index is 412. The molecule has 1 aromatic rings. The number of carbonyl (C=O) groups excluding carboxylic acids is 1. The molecule has 2 rings (SSSR count). The zero-order valence-electron chi connectivity index (χ0n) is 8.16. The standard InChI is InChI=1S/C13H12O/c1-9-8-12(14)10(2)13(9)11-6-4-3-5-7-11/h3-8,13H,2H2,1H3. The van der Waals surface area contributed by atoms with E-state index >= 15 is 0 Å². The van der Waals surface area contributed by atoms with E-state index < -0.39 is 0 Å². The molecule has 0 spiro atoms. The van der Waals surface area contributed by atoms with Gasteiger partial charge in [-0.1, -0.05) is 42.5 Å². The Balaban J connectivity index is 2.42. The molecule has 1 unspecified atom stereocenters. The van der Waals surface area contributed by atoms with E-state index in [-0.39, 0.29) is 11.7 Å². The first kappa shape index (κ1) is 8.95. The van der Waals surface area contributed by atoms with Gasteiger partial charge in [0.15, 0.2) is 5.78 Å². The normalized spacial score (nSPS) is 21.2. The molecular weight excluding hydrogens is 172 g/mol. The highest BCUT2D eigenvalue weighted by Crippen LogP contribution is 2.36. The molecule has 0 aromatic heterocycles. The second kappa shape index (κ2) is 3.26. The monoisotopic (exact) mass is 184 g/mol. The molecule has 1 aromatic carbocycles. The average molecular weight is 184 g/mol. The summed E-state index contributed by atoms with van der Waals surface area (Å²) in [5.74, 6) is 0.167. The van der Waals surface area contributed by atoms with Crippen LogP contribution in [0.25, 0.3) is 0 Å². The van der Waals surface area contributed by atoms with Crippen molar-refractivity contribution in [2.24, 2.45) is 0 Å². The fourth-order valence-electron chi connectivity index (χ4n) is 1.91. The highest BCUT2D eigenvalue weighted by atomic mass is 16.1. The third kappa shape index (κ3) is 1.31. The first-order chi connectivity index (χ1) is 6.70. The molecule has 0 saturated heterocycles. The SMILES string of the molecule is C=C1C(=O)C=C(C)C1c1ccccc1. The average Bonchev–Trinajstić information content (AvgIpc) is 2.43. The van der Waals surface area contributed by atoms with Crippen LogP contribution in [-0.4, -0.2) is 5.78 Å². The first-order valence-electron chi connectivity index (χ1n) is 4.66. The van der Waals surface area contributed by atoms with Crippen LogP contribution in [0.2, 0.25) is 0 Å². The summed E-state index contributed by atoms with van der Waals surface area (Å²) in [6.45, 7) is 5.82. The van der Waals surface area contributed by atoms with Crippen LogP contribution in [0.5, 0.6) is 0 Å². The molecule has 0 fully saturated rings.